The lowest BCUT2D eigenvalue weighted by atomic mass is 9.92. The first-order valence-corrected chi connectivity index (χ1v) is 12.3. The summed E-state index contributed by atoms with van der Waals surface area (Å²) in [5.41, 5.74) is 1.44. The molecule has 0 aliphatic carbocycles. The number of rotatable bonds is 7. The van der Waals surface area contributed by atoms with Gasteiger partial charge in [-0.15, -0.1) is 0 Å². The minimum Gasteiger partial charge on any atom is -0.356 e. The van der Waals surface area contributed by atoms with Crippen LogP contribution in [0.3, 0.4) is 0 Å². The monoisotopic (exact) mass is 412 g/mol. The molecule has 3 aliphatic rings. The maximum Gasteiger partial charge on any atom is 0.224 e. The molecular formula is C25H40N4O. The van der Waals surface area contributed by atoms with Crippen LogP contribution < -0.4 is 10.6 Å². The third kappa shape index (κ3) is 6.29. The van der Waals surface area contributed by atoms with E-state index in [-0.39, 0.29) is 5.92 Å². The van der Waals surface area contributed by atoms with E-state index in [1.807, 2.05) is 0 Å². The molecule has 5 nitrogen and oxygen atoms in total. The van der Waals surface area contributed by atoms with Gasteiger partial charge in [-0.05, 0) is 89.2 Å². The molecule has 5 heteroatoms. The SMILES string of the molecule is O=C(NCC1CCNCC1)C1CCCN(C2CCN(CCc3ccccc3)CC2)C1. The molecular weight excluding hydrogens is 372 g/mol. The second kappa shape index (κ2) is 11.3. The summed E-state index contributed by atoms with van der Waals surface area (Å²) in [5.74, 6) is 1.16. The Labute approximate surface area is 182 Å². The molecule has 3 heterocycles. The number of nitrogens with one attached hydrogen (secondary N) is 2. The van der Waals surface area contributed by atoms with Crippen molar-refractivity contribution in [1.29, 1.82) is 0 Å². The van der Waals surface area contributed by atoms with Gasteiger partial charge in [-0.2, -0.15) is 0 Å². The number of carbonyl (C=O) groups is 1. The van der Waals surface area contributed by atoms with E-state index >= 15 is 0 Å². The summed E-state index contributed by atoms with van der Waals surface area (Å²) in [6, 6.07) is 11.5. The topological polar surface area (TPSA) is 47.6 Å². The summed E-state index contributed by atoms with van der Waals surface area (Å²) in [6.07, 6.45) is 8.26. The Hall–Kier alpha value is -1.43. The molecule has 0 aromatic heterocycles. The second-order valence-electron chi connectivity index (χ2n) is 9.58. The van der Waals surface area contributed by atoms with E-state index in [0.29, 0.717) is 17.9 Å². The lowest BCUT2D eigenvalue weighted by Crippen LogP contribution is -2.51. The average molecular weight is 413 g/mol. The van der Waals surface area contributed by atoms with E-state index in [2.05, 4.69) is 50.8 Å². The van der Waals surface area contributed by atoms with Crippen molar-refractivity contribution in [3.8, 4) is 0 Å². The Morgan fingerprint density at radius 1 is 1.00 bits per heavy atom. The predicted octanol–water partition coefficient (Wildman–Crippen LogP) is 2.52. The number of amides is 1. The Morgan fingerprint density at radius 2 is 1.77 bits per heavy atom. The van der Waals surface area contributed by atoms with Crippen LogP contribution in [0.2, 0.25) is 0 Å². The van der Waals surface area contributed by atoms with Gasteiger partial charge >= 0.3 is 0 Å². The van der Waals surface area contributed by atoms with Crippen LogP contribution >= 0.6 is 0 Å². The third-order valence-corrected chi connectivity index (χ3v) is 7.48. The van der Waals surface area contributed by atoms with Gasteiger partial charge in [0.15, 0.2) is 0 Å². The molecule has 0 bridgehead atoms. The Balaban J connectivity index is 1.17. The Morgan fingerprint density at radius 3 is 2.53 bits per heavy atom. The molecule has 3 aliphatic heterocycles. The molecule has 1 amide bonds. The van der Waals surface area contributed by atoms with Crippen LogP contribution in [0, 0.1) is 11.8 Å². The van der Waals surface area contributed by atoms with Crippen molar-refractivity contribution in [3.05, 3.63) is 35.9 Å². The fourth-order valence-electron chi connectivity index (χ4n) is 5.47. The summed E-state index contributed by atoms with van der Waals surface area (Å²) in [5, 5.41) is 6.69. The van der Waals surface area contributed by atoms with Crippen molar-refractivity contribution in [2.75, 3.05) is 52.4 Å². The molecule has 1 atom stereocenters. The fraction of sp³-hybridized carbons (Fsp3) is 0.720. The van der Waals surface area contributed by atoms with E-state index in [1.54, 1.807) is 0 Å². The zero-order chi connectivity index (χ0) is 20.6. The molecule has 3 fully saturated rings. The zero-order valence-electron chi connectivity index (χ0n) is 18.5. The van der Waals surface area contributed by atoms with Crippen molar-refractivity contribution >= 4 is 5.91 Å². The normalized spacial score (nSPS) is 25.3. The fourth-order valence-corrected chi connectivity index (χ4v) is 5.47. The summed E-state index contributed by atoms with van der Waals surface area (Å²) in [7, 11) is 0. The molecule has 3 saturated heterocycles. The van der Waals surface area contributed by atoms with Gasteiger partial charge in [0.2, 0.25) is 5.91 Å². The first kappa shape index (κ1) is 21.8. The quantitative estimate of drug-likeness (QED) is 0.723. The van der Waals surface area contributed by atoms with Crippen LogP contribution in [0.5, 0.6) is 0 Å². The second-order valence-corrected chi connectivity index (χ2v) is 9.58. The number of hydrogen-bond acceptors (Lipinski definition) is 4. The van der Waals surface area contributed by atoms with E-state index in [1.165, 1.54) is 63.8 Å². The molecule has 2 N–H and O–H groups in total. The van der Waals surface area contributed by atoms with Crippen molar-refractivity contribution in [3.63, 3.8) is 0 Å². The highest BCUT2D eigenvalue weighted by atomic mass is 16.1. The van der Waals surface area contributed by atoms with Crippen LogP contribution in [-0.2, 0) is 11.2 Å². The maximum absolute atomic E-state index is 12.8. The van der Waals surface area contributed by atoms with Crippen molar-refractivity contribution < 1.29 is 4.79 Å². The number of piperidine rings is 3. The van der Waals surface area contributed by atoms with E-state index in [4.69, 9.17) is 0 Å². The smallest absolute Gasteiger partial charge is 0.224 e. The largest absolute Gasteiger partial charge is 0.356 e. The van der Waals surface area contributed by atoms with Crippen molar-refractivity contribution in [2.24, 2.45) is 11.8 Å². The molecule has 0 saturated carbocycles. The van der Waals surface area contributed by atoms with Gasteiger partial charge in [0, 0.05) is 25.7 Å². The standard InChI is InChI=1S/C25H40N4O/c30-25(27-19-22-8-13-26-14-9-22)23-7-4-15-29(20-23)24-11-17-28(18-12-24)16-10-21-5-2-1-3-6-21/h1-3,5-6,22-24,26H,4,7-20H2,(H,27,30). The highest BCUT2D eigenvalue weighted by molar-refractivity contribution is 5.79. The molecule has 1 aromatic carbocycles. The number of hydrogen-bond donors (Lipinski definition) is 2. The molecule has 166 valence electrons. The Kier molecular flexibility index (Phi) is 8.18. The van der Waals surface area contributed by atoms with Crippen molar-refractivity contribution in [2.45, 2.75) is 51.0 Å². The summed E-state index contributed by atoms with van der Waals surface area (Å²) in [4.78, 5) is 18.0. The number of likely N-dealkylation sites (tertiary alicyclic amines) is 2. The lowest BCUT2D eigenvalue weighted by molar-refractivity contribution is -0.127. The summed E-state index contributed by atoms with van der Waals surface area (Å²) >= 11 is 0. The van der Waals surface area contributed by atoms with E-state index in [0.717, 1.165) is 39.0 Å². The molecule has 1 unspecified atom stereocenters. The van der Waals surface area contributed by atoms with Crippen LogP contribution in [0.15, 0.2) is 30.3 Å². The predicted molar refractivity (Wildman–Crippen MR) is 123 cm³/mol. The third-order valence-electron chi connectivity index (χ3n) is 7.48. The Bertz CT molecular complexity index is 638. The van der Waals surface area contributed by atoms with Crippen LogP contribution in [0.4, 0.5) is 0 Å². The zero-order valence-corrected chi connectivity index (χ0v) is 18.5. The van der Waals surface area contributed by atoms with Gasteiger partial charge in [0.05, 0.1) is 5.92 Å². The molecule has 0 radical (unpaired) electrons. The number of benzene rings is 1. The number of nitrogens with zero attached hydrogens (tertiary/aromatic N) is 2. The minimum absolute atomic E-state index is 0.191. The van der Waals surface area contributed by atoms with Crippen LogP contribution in [0.25, 0.3) is 0 Å². The molecule has 1 aromatic rings. The summed E-state index contributed by atoms with van der Waals surface area (Å²) < 4.78 is 0. The molecule has 30 heavy (non-hydrogen) atoms. The van der Waals surface area contributed by atoms with Gasteiger partial charge in [0.1, 0.15) is 0 Å². The molecule has 0 spiro atoms. The molecule has 4 rings (SSSR count). The van der Waals surface area contributed by atoms with Gasteiger partial charge in [-0.3, -0.25) is 9.69 Å². The highest BCUT2D eigenvalue weighted by Crippen LogP contribution is 2.24. The minimum atomic E-state index is 0.191. The summed E-state index contributed by atoms with van der Waals surface area (Å²) in [6.45, 7) is 8.76. The van der Waals surface area contributed by atoms with Gasteiger partial charge < -0.3 is 15.5 Å². The first-order valence-electron chi connectivity index (χ1n) is 12.3. The lowest BCUT2D eigenvalue weighted by Gasteiger charge is -2.42. The first-order chi connectivity index (χ1) is 14.8. The van der Waals surface area contributed by atoms with E-state index in [9.17, 15) is 4.79 Å². The van der Waals surface area contributed by atoms with Crippen LogP contribution in [0.1, 0.15) is 44.1 Å². The van der Waals surface area contributed by atoms with Crippen molar-refractivity contribution in [1.82, 2.24) is 20.4 Å². The van der Waals surface area contributed by atoms with E-state index < -0.39 is 0 Å². The maximum atomic E-state index is 12.8. The van der Waals surface area contributed by atoms with Gasteiger partial charge in [-0.25, -0.2) is 0 Å². The van der Waals surface area contributed by atoms with Crippen LogP contribution in [-0.4, -0.2) is 74.1 Å². The number of carbonyl (C=O) groups excluding carboxylic acids is 1. The average Bonchev–Trinajstić information content (AvgIpc) is 2.83. The highest BCUT2D eigenvalue weighted by Gasteiger charge is 2.31. The van der Waals surface area contributed by atoms with Gasteiger partial charge in [0.25, 0.3) is 0 Å². The van der Waals surface area contributed by atoms with Gasteiger partial charge in [-0.1, -0.05) is 30.3 Å².